The Labute approximate surface area is 241 Å². The van der Waals surface area contributed by atoms with Gasteiger partial charge >= 0.3 is 7.60 Å². The van der Waals surface area contributed by atoms with Gasteiger partial charge in [0.2, 0.25) is 5.95 Å². The second kappa shape index (κ2) is 11.5. The molecule has 0 saturated carbocycles. The van der Waals surface area contributed by atoms with Crippen molar-refractivity contribution in [3.05, 3.63) is 70.7 Å². The van der Waals surface area contributed by atoms with Crippen molar-refractivity contribution in [2.75, 3.05) is 41.8 Å². The SMILES string of the molecule is Cc1ccc(NC(=O)c2cc(C(F)(F)F)ccn2)cc1C1=Cc2cnc(NC3CCOCC3)nc2N2CCN=C12.[Cl-].[H+]. The van der Waals surface area contributed by atoms with Crippen molar-refractivity contribution in [2.45, 2.75) is 32.0 Å². The van der Waals surface area contributed by atoms with Gasteiger partial charge in [0, 0.05) is 55.0 Å². The molecule has 0 spiro atoms. The van der Waals surface area contributed by atoms with Crippen LogP contribution in [0.2, 0.25) is 0 Å². The molecule has 41 heavy (non-hydrogen) atoms. The molecule has 1 amide bonds. The van der Waals surface area contributed by atoms with Crippen molar-refractivity contribution in [1.82, 2.24) is 15.0 Å². The Bertz CT molecular complexity index is 1540. The molecular formula is C28H27ClF3N7O2. The smallest absolute Gasteiger partial charge is 1.00 e. The molecule has 0 bridgehead atoms. The van der Waals surface area contributed by atoms with E-state index in [1.807, 2.05) is 19.1 Å². The average Bonchev–Trinajstić information content (AvgIpc) is 3.45. The summed E-state index contributed by atoms with van der Waals surface area (Å²) in [5, 5.41) is 6.09. The monoisotopic (exact) mass is 585 g/mol. The van der Waals surface area contributed by atoms with Gasteiger partial charge in [0.1, 0.15) is 17.3 Å². The molecule has 3 aliphatic heterocycles. The number of benzene rings is 1. The van der Waals surface area contributed by atoms with Gasteiger partial charge in [-0.1, -0.05) is 6.07 Å². The van der Waals surface area contributed by atoms with Crippen LogP contribution in [0.5, 0.6) is 0 Å². The van der Waals surface area contributed by atoms with Crippen molar-refractivity contribution in [3.63, 3.8) is 0 Å². The minimum atomic E-state index is -4.57. The zero-order valence-corrected chi connectivity index (χ0v) is 22.8. The first-order chi connectivity index (χ1) is 19.3. The number of aromatic nitrogens is 3. The number of pyridine rings is 1. The summed E-state index contributed by atoms with van der Waals surface area (Å²) in [4.78, 5) is 32.8. The van der Waals surface area contributed by atoms with Crippen LogP contribution in [0.4, 0.5) is 30.6 Å². The predicted molar refractivity (Wildman–Crippen MR) is 146 cm³/mol. The summed E-state index contributed by atoms with van der Waals surface area (Å²) in [7, 11) is 0. The number of hydrogen-bond acceptors (Lipinski definition) is 8. The largest absolute Gasteiger partial charge is 1.00 e. The van der Waals surface area contributed by atoms with Gasteiger partial charge in [-0.25, -0.2) is 4.98 Å². The third kappa shape index (κ3) is 5.89. The Morgan fingerprint density at radius 3 is 2.73 bits per heavy atom. The van der Waals surface area contributed by atoms with Crippen LogP contribution in [-0.2, 0) is 10.9 Å². The van der Waals surface area contributed by atoms with Gasteiger partial charge in [0.05, 0.1) is 12.1 Å². The van der Waals surface area contributed by atoms with E-state index < -0.39 is 17.6 Å². The van der Waals surface area contributed by atoms with Crippen molar-refractivity contribution in [1.29, 1.82) is 0 Å². The number of carbonyl (C=O) groups is 1. The zero-order chi connectivity index (χ0) is 27.9. The van der Waals surface area contributed by atoms with Crippen molar-refractivity contribution in [3.8, 4) is 0 Å². The third-order valence-corrected chi connectivity index (χ3v) is 7.09. The molecule has 6 rings (SSSR count). The number of anilines is 3. The number of amides is 1. The van der Waals surface area contributed by atoms with Gasteiger partial charge < -0.3 is 32.7 Å². The number of aryl methyl sites for hydroxylation is 1. The molecule has 1 fully saturated rings. The van der Waals surface area contributed by atoms with Crippen LogP contribution in [-0.4, -0.2) is 59.0 Å². The summed E-state index contributed by atoms with van der Waals surface area (Å²) in [6.45, 7) is 4.66. The Morgan fingerprint density at radius 2 is 1.95 bits per heavy atom. The lowest BCUT2D eigenvalue weighted by atomic mass is 9.94. The van der Waals surface area contributed by atoms with Crippen LogP contribution >= 0.6 is 0 Å². The predicted octanol–water partition coefficient (Wildman–Crippen LogP) is 1.93. The summed E-state index contributed by atoms with van der Waals surface area (Å²) in [5.41, 5.74) is 2.63. The van der Waals surface area contributed by atoms with E-state index in [4.69, 9.17) is 14.7 Å². The molecule has 0 aliphatic carbocycles. The molecule has 2 aromatic heterocycles. The summed E-state index contributed by atoms with van der Waals surface area (Å²) in [6, 6.07) is 7.17. The maximum Gasteiger partial charge on any atom is 1.00 e. The topological polar surface area (TPSA) is 105 Å². The van der Waals surface area contributed by atoms with Gasteiger partial charge in [0.15, 0.2) is 0 Å². The number of aliphatic imine (C=N–C) groups is 1. The number of carbonyl (C=O) groups excluding carboxylic acids is 1. The molecule has 2 N–H and O–H groups in total. The van der Waals surface area contributed by atoms with Gasteiger partial charge in [-0.2, -0.15) is 18.2 Å². The fourth-order valence-corrected chi connectivity index (χ4v) is 5.01. The van der Waals surface area contributed by atoms with E-state index in [0.717, 1.165) is 65.1 Å². The summed E-state index contributed by atoms with van der Waals surface area (Å²) < 4.78 is 44.7. The molecule has 0 atom stereocenters. The number of halogens is 4. The number of nitrogens with zero attached hydrogens (tertiary/aromatic N) is 5. The summed E-state index contributed by atoms with van der Waals surface area (Å²) in [5.74, 6) is 1.39. The van der Waals surface area contributed by atoms with Crippen molar-refractivity contribution < 1.29 is 36.5 Å². The lowest BCUT2D eigenvalue weighted by molar-refractivity contribution is -0.137. The molecule has 1 aromatic carbocycles. The van der Waals surface area contributed by atoms with Gasteiger partial charge in [-0.3, -0.25) is 14.8 Å². The molecule has 5 heterocycles. The second-order valence-electron chi connectivity index (χ2n) is 9.83. The fraction of sp³-hybridized carbons (Fsp3) is 0.321. The normalized spacial score (nSPS) is 16.6. The Kier molecular flexibility index (Phi) is 7.96. The highest BCUT2D eigenvalue weighted by Crippen LogP contribution is 2.37. The number of rotatable bonds is 5. The molecule has 214 valence electrons. The highest BCUT2D eigenvalue weighted by Gasteiger charge is 2.33. The molecule has 9 nitrogen and oxygen atoms in total. The van der Waals surface area contributed by atoms with E-state index in [1.54, 1.807) is 18.3 Å². The number of hydrogen-bond donors (Lipinski definition) is 2. The number of ether oxygens (including phenoxy) is 1. The molecule has 3 aliphatic rings. The van der Waals surface area contributed by atoms with Crippen LogP contribution in [0.3, 0.4) is 0 Å². The number of fused-ring (bicyclic) bond motifs is 3. The quantitative estimate of drug-likeness (QED) is 0.472. The summed E-state index contributed by atoms with van der Waals surface area (Å²) >= 11 is 0. The lowest BCUT2D eigenvalue weighted by Crippen LogP contribution is -3.00. The number of amidine groups is 1. The standard InChI is InChI=1S/C28H26F3N7O2.ClH/c1-16-2-3-20(35-26(39)23-13-18(4-7-32-23)28(29,30)31)14-21(16)22-12-17-15-34-27(36-19-5-10-40-11-6-19)37-24(17)38-9-8-33-25(22)38;/h2-4,7,12-15,19H,5-6,8-11H2,1H3,(H,35,39)(H,34,36,37);1H. The van der Waals surface area contributed by atoms with Gasteiger partial charge in [-0.15, -0.1) is 0 Å². The Balaban J connectivity index is 0.00000202. The molecular weight excluding hydrogens is 559 g/mol. The lowest BCUT2D eigenvalue weighted by Gasteiger charge is -2.29. The van der Waals surface area contributed by atoms with Crippen LogP contribution in [0, 0.1) is 6.92 Å². The van der Waals surface area contributed by atoms with Crippen LogP contribution in [0.1, 0.15) is 47.0 Å². The van der Waals surface area contributed by atoms with E-state index in [9.17, 15) is 18.0 Å². The highest BCUT2D eigenvalue weighted by molar-refractivity contribution is 6.36. The molecule has 3 aromatic rings. The Morgan fingerprint density at radius 1 is 1.15 bits per heavy atom. The van der Waals surface area contributed by atoms with E-state index in [1.165, 1.54) is 0 Å². The van der Waals surface area contributed by atoms with Crippen molar-refractivity contribution >= 4 is 40.8 Å². The third-order valence-electron chi connectivity index (χ3n) is 7.09. The first-order valence-corrected chi connectivity index (χ1v) is 13.0. The first-order valence-electron chi connectivity index (χ1n) is 13.0. The number of nitrogens with one attached hydrogen (secondary N) is 2. The average molecular weight is 586 g/mol. The van der Waals surface area contributed by atoms with Crippen LogP contribution in [0.25, 0.3) is 11.6 Å². The van der Waals surface area contributed by atoms with E-state index in [2.05, 4.69) is 25.5 Å². The Hall–Kier alpha value is -4.03. The maximum absolute atomic E-state index is 13.1. The molecule has 0 radical (unpaired) electrons. The maximum atomic E-state index is 13.1. The van der Waals surface area contributed by atoms with Gasteiger partial charge in [0.25, 0.3) is 5.91 Å². The second-order valence-corrected chi connectivity index (χ2v) is 9.83. The van der Waals surface area contributed by atoms with Gasteiger partial charge in [-0.05, 0) is 61.2 Å². The van der Waals surface area contributed by atoms with E-state index >= 15 is 0 Å². The van der Waals surface area contributed by atoms with Crippen LogP contribution < -0.4 is 27.9 Å². The summed E-state index contributed by atoms with van der Waals surface area (Å²) in [6.07, 6.45) is 1.98. The van der Waals surface area contributed by atoms with E-state index in [-0.39, 0.29) is 25.6 Å². The number of alkyl halides is 3. The van der Waals surface area contributed by atoms with E-state index in [0.29, 0.717) is 37.9 Å². The fourth-order valence-electron chi connectivity index (χ4n) is 5.01. The first kappa shape index (κ1) is 28.5. The highest BCUT2D eigenvalue weighted by atomic mass is 35.5. The minimum Gasteiger partial charge on any atom is -1.00 e. The molecule has 0 unspecified atom stereocenters. The van der Waals surface area contributed by atoms with Crippen molar-refractivity contribution in [2.24, 2.45) is 4.99 Å². The zero-order valence-electron chi connectivity index (χ0n) is 23.0. The van der Waals surface area contributed by atoms with Crippen LogP contribution in [0.15, 0.2) is 47.7 Å². The minimum absolute atomic E-state index is 0. The molecule has 13 heteroatoms. The molecule has 1 saturated heterocycles.